The van der Waals surface area contributed by atoms with Crippen molar-refractivity contribution in [3.63, 3.8) is 0 Å². The van der Waals surface area contributed by atoms with E-state index in [-0.39, 0.29) is 20.7 Å². The molecule has 0 aliphatic carbocycles. The van der Waals surface area contributed by atoms with E-state index in [4.69, 9.17) is 17.0 Å². The molecule has 1 aromatic rings. The molecule has 1 aromatic carbocycles. The number of rotatable bonds is 3. The quantitative estimate of drug-likeness (QED) is 0.793. The van der Waals surface area contributed by atoms with E-state index in [9.17, 15) is 13.2 Å². The van der Waals surface area contributed by atoms with E-state index in [1.807, 2.05) is 0 Å². The molecule has 19 heavy (non-hydrogen) atoms. The lowest BCUT2D eigenvalue weighted by atomic mass is 10.2. The van der Waals surface area contributed by atoms with Gasteiger partial charge in [0, 0.05) is 0 Å². The fourth-order valence-electron chi connectivity index (χ4n) is 1.63. The number of thioether (sulfide) groups is 1. The highest BCUT2D eigenvalue weighted by atomic mass is 32.2. The molecule has 102 valence electrons. The molecule has 0 saturated heterocycles. The molecule has 0 spiro atoms. The van der Waals surface area contributed by atoms with Crippen molar-refractivity contribution in [1.29, 1.82) is 0 Å². The minimum atomic E-state index is -3.76. The normalized spacial score (nSPS) is 16.3. The Kier molecular flexibility index (Phi) is 4.12. The monoisotopic (exact) mass is 317 g/mol. The minimum absolute atomic E-state index is 0.0444. The van der Waals surface area contributed by atoms with Gasteiger partial charge in [0.2, 0.25) is 4.38 Å². The molecule has 0 N–H and O–H groups in total. The first-order valence-electron chi connectivity index (χ1n) is 5.44. The van der Waals surface area contributed by atoms with E-state index >= 15 is 0 Å². The largest absolute Gasteiger partial charge is 0.479 e. The van der Waals surface area contributed by atoms with Gasteiger partial charge in [-0.1, -0.05) is 23.9 Å². The first kappa shape index (κ1) is 14.3. The molecule has 0 aromatic heterocycles. The fourth-order valence-corrected chi connectivity index (χ4v) is 4.40. The van der Waals surface area contributed by atoms with Crippen LogP contribution in [0.5, 0.6) is 0 Å². The summed E-state index contributed by atoms with van der Waals surface area (Å²) in [4.78, 5) is 12.1. The van der Waals surface area contributed by atoms with Gasteiger partial charge in [-0.15, -0.1) is 0 Å². The van der Waals surface area contributed by atoms with Gasteiger partial charge in [-0.2, -0.15) is 0 Å². The molecule has 0 unspecified atom stereocenters. The van der Waals surface area contributed by atoms with Crippen LogP contribution in [-0.2, 0) is 14.8 Å². The van der Waals surface area contributed by atoms with Crippen molar-refractivity contribution in [3.05, 3.63) is 29.8 Å². The van der Waals surface area contributed by atoms with Crippen LogP contribution in [-0.4, -0.2) is 35.5 Å². The zero-order chi connectivity index (χ0) is 14.0. The number of ether oxygens (including phenoxy) is 1. The third kappa shape index (κ3) is 2.60. The Balaban J connectivity index is 2.21. The number of fused-ring (bicyclic) bond motifs is 1. The standard InChI is InChI=1S/C11H11NO4S3/c1-2-16-11(17)18-7-12-10(13)8-5-3-4-6-9(8)19(12,14)15/h3-6H,2,7H2,1H3. The molecule has 0 bridgehead atoms. The van der Waals surface area contributed by atoms with Crippen molar-refractivity contribution >= 4 is 44.3 Å². The maximum Gasteiger partial charge on any atom is 0.269 e. The summed E-state index contributed by atoms with van der Waals surface area (Å²) < 4.78 is 30.4. The van der Waals surface area contributed by atoms with Crippen molar-refractivity contribution in [1.82, 2.24) is 4.31 Å². The van der Waals surface area contributed by atoms with Gasteiger partial charge in [-0.3, -0.25) is 4.79 Å². The highest BCUT2D eigenvalue weighted by Crippen LogP contribution is 2.31. The van der Waals surface area contributed by atoms with Crippen molar-refractivity contribution in [3.8, 4) is 0 Å². The first-order valence-corrected chi connectivity index (χ1v) is 8.27. The number of carbonyl (C=O) groups excluding carboxylic acids is 1. The van der Waals surface area contributed by atoms with Crippen LogP contribution in [0.4, 0.5) is 0 Å². The second kappa shape index (κ2) is 5.48. The fraction of sp³-hybridized carbons (Fsp3) is 0.273. The van der Waals surface area contributed by atoms with E-state index in [0.29, 0.717) is 6.61 Å². The molecule has 0 atom stereocenters. The second-order valence-corrected chi connectivity index (χ2v) is 6.99. The van der Waals surface area contributed by atoms with Crippen LogP contribution in [0.1, 0.15) is 17.3 Å². The number of hydrogen-bond donors (Lipinski definition) is 0. The van der Waals surface area contributed by atoms with E-state index in [2.05, 4.69) is 0 Å². The Morgan fingerprint density at radius 1 is 1.42 bits per heavy atom. The van der Waals surface area contributed by atoms with Crippen molar-refractivity contribution in [2.24, 2.45) is 0 Å². The highest BCUT2D eigenvalue weighted by molar-refractivity contribution is 8.22. The van der Waals surface area contributed by atoms with Crippen molar-refractivity contribution in [2.75, 3.05) is 12.5 Å². The van der Waals surface area contributed by atoms with Crippen LogP contribution in [0.2, 0.25) is 0 Å². The molecule has 8 heteroatoms. The van der Waals surface area contributed by atoms with Crippen LogP contribution < -0.4 is 0 Å². The molecule has 0 radical (unpaired) electrons. The molecule has 0 fully saturated rings. The number of hydrogen-bond acceptors (Lipinski definition) is 6. The maximum absolute atomic E-state index is 12.2. The third-order valence-electron chi connectivity index (χ3n) is 2.47. The summed E-state index contributed by atoms with van der Waals surface area (Å²) in [5, 5.41) is 0. The topological polar surface area (TPSA) is 63.7 Å². The van der Waals surface area contributed by atoms with Crippen LogP contribution in [0.25, 0.3) is 0 Å². The van der Waals surface area contributed by atoms with Gasteiger partial charge in [0.05, 0.1) is 18.0 Å². The summed E-state index contributed by atoms with van der Waals surface area (Å²) in [6.07, 6.45) is 0. The Hall–Kier alpha value is -1.12. The van der Waals surface area contributed by atoms with E-state index in [1.54, 1.807) is 19.1 Å². The van der Waals surface area contributed by atoms with E-state index < -0.39 is 15.9 Å². The SMILES string of the molecule is CCOC(=S)SCN1C(=O)c2ccccc2S1(=O)=O. The molecule has 1 aliphatic rings. The van der Waals surface area contributed by atoms with Gasteiger partial charge in [-0.25, -0.2) is 12.7 Å². The predicted molar refractivity (Wildman–Crippen MR) is 76.5 cm³/mol. The smallest absolute Gasteiger partial charge is 0.269 e. The molecule has 0 saturated carbocycles. The summed E-state index contributed by atoms with van der Waals surface area (Å²) in [6, 6.07) is 6.15. The number of sulfonamides is 1. The molecule has 2 rings (SSSR count). The number of amides is 1. The Morgan fingerprint density at radius 3 is 2.74 bits per heavy atom. The predicted octanol–water partition coefficient (Wildman–Crippen LogP) is 1.84. The van der Waals surface area contributed by atoms with Gasteiger partial charge in [0.15, 0.2) is 0 Å². The van der Waals surface area contributed by atoms with E-state index in [0.717, 1.165) is 16.1 Å². The average Bonchev–Trinajstić information content (AvgIpc) is 2.57. The Morgan fingerprint density at radius 2 is 2.11 bits per heavy atom. The number of nitrogens with zero attached hydrogens (tertiary/aromatic N) is 1. The lowest BCUT2D eigenvalue weighted by molar-refractivity contribution is 0.0887. The summed E-state index contributed by atoms with van der Waals surface area (Å²) in [7, 11) is -3.76. The number of carbonyl (C=O) groups is 1. The zero-order valence-electron chi connectivity index (χ0n) is 10.0. The summed E-state index contributed by atoms with van der Waals surface area (Å²) in [5.74, 6) is -0.600. The number of thiocarbonyl (C=S) groups is 1. The van der Waals surface area contributed by atoms with Gasteiger partial charge >= 0.3 is 0 Å². The van der Waals surface area contributed by atoms with Crippen LogP contribution in [0.3, 0.4) is 0 Å². The van der Waals surface area contributed by atoms with Crippen LogP contribution in [0.15, 0.2) is 29.2 Å². The molecule has 1 amide bonds. The highest BCUT2D eigenvalue weighted by Gasteiger charge is 2.40. The van der Waals surface area contributed by atoms with E-state index in [1.165, 1.54) is 12.1 Å². The maximum atomic E-state index is 12.2. The molecule has 1 heterocycles. The van der Waals surface area contributed by atoms with Gasteiger partial charge in [0.1, 0.15) is 4.90 Å². The van der Waals surface area contributed by atoms with Crippen molar-refractivity contribution in [2.45, 2.75) is 11.8 Å². The van der Waals surface area contributed by atoms with Crippen LogP contribution in [0, 0.1) is 0 Å². The second-order valence-electron chi connectivity index (χ2n) is 3.61. The first-order chi connectivity index (χ1) is 8.98. The third-order valence-corrected chi connectivity index (χ3v) is 5.64. The van der Waals surface area contributed by atoms with Gasteiger partial charge < -0.3 is 4.74 Å². The summed E-state index contributed by atoms with van der Waals surface area (Å²) in [5.41, 5.74) is 0.199. The Labute approximate surface area is 121 Å². The molecular weight excluding hydrogens is 306 g/mol. The molecule has 5 nitrogen and oxygen atoms in total. The minimum Gasteiger partial charge on any atom is -0.479 e. The van der Waals surface area contributed by atoms with Gasteiger partial charge in [0.25, 0.3) is 15.9 Å². The summed E-state index contributed by atoms with van der Waals surface area (Å²) in [6.45, 7) is 2.19. The Bertz CT molecular complexity index is 627. The lowest BCUT2D eigenvalue weighted by Crippen LogP contribution is -2.30. The van der Waals surface area contributed by atoms with Gasteiger partial charge in [-0.05, 0) is 31.3 Å². The van der Waals surface area contributed by atoms with Crippen molar-refractivity contribution < 1.29 is 17.9 Å². The molecule has 1 aliphatic heterocycles. The average molecular weight is 317 g/mol. The summed E-state index contributed by atoms with van der Waals surface area (Å²) >= 11 is 5.91. The molecular formula is C11H11NO4S3. The number of benzene rings is 1. The lowest BCUT2D eigenvalue weighted by Gasteiger charge is -2.14. The van der Waals surface area contributed by atoms with Crippen LogP contribution >= 0.6 is 24.0 Å². The zero-order valence-corrected chi connectivity index (χ0v) is 12.5.